The maximum atomic E-state index is 12.0. The minimum Gasteiger partial charge on any atom is -0.382 e. The van der Waals surface area contributed by atoms with Crippen molar-refractivity contribution >= 4 is 23.3 Å². The summed E-state index contributed by atoms with van der Waals surface area (Å²) < 4.78 is 6.76. The number of benzene rings is 1. The van der Waals surface area contributed by atoms with Gasteiger partial charge in [0.25, 0.3) is 0 Å². The number of anilines is 1. The Balaban J connectivity index is 2.01. The van der Waals surface area contributed by atoms with E-state index in [4.69, 9.17) is 16.3 Å². The van der Waals surface area contributed by atoms with Gasteiger partial charge >= 0.3 is 6.03 Å². The number of amides is 2. The van der Waals surface area contributed by atoms with Crippen LogP contribution >= 0.6 is 11.6 Å². The van der Waals surface area contributed by atoms with E-state index in [0.717, 1.165) is 5.56 Å². The summed E-state index contributed by atoms with van der Waals surface area (Å²) in [6.07, 6.45) is 3.29. The average Bonchev–Trinajstić information content (AvgIpc) is 2.84. The predicted octanol–water partition coefficient (Wildman–Crippen LogP) is 2.58. The molecule has 1 atom stereocenters. The smallest absolute Gasteiger partial charge is 0.319 e. The molecule has 0 saturated heterocycles. The monoisotopic (exact) mass is 308 g/mol. The number of carbonyl (C=O) groups is 1. The van der Waals surface area contributed by atoms with Gasteiger partial charge in [0.1, 0.15) is 0 Å². The highest BCUT2D eigenvalue weighted by molar-refractivity contribution is 6.30. The van der Waals surface area contributed by atoms with Crippen molar-refractivity contribution in [1.29, 1.82) is 0 Å². The van der Waals surface area contributed by atoms with Crippen LogP contribution < -0.4 is 10.6 Å². The summed E-state index contributed by atoms with van der Waals surface area (Å²) in [4.78, 5) is 12.0. The Morgan fingerprint density at radius 2 is 2.14 bits per heavy atom. The van der Waals surface area contributed by atoms with Gasteiger partial charge in [-0.15, -0.1) is 0 Å². The molecule has 1 aromatic carbocycles. The molecule has 1 heterocycles. The van der Waals surface area contributed by atoms with E-state index in [9.17, 15) is 4.79 Å². The highest BCUT2D eigenvalue weighted by Crippen LogP contribution is 2.17. The Morgan fingerprint density at radius 1 is 1.43 bits per heavy atom. The zero-order valence-electron chi connectivity index (χ0n) is 11.8. The first kappa shape index (κ1) is 15.3. The van der Waals surface area contributed by atoms with Gasteiger partial charge in [0.05, 0.1) is 24.5 Å². The van der Waals surface area contributed by atoms with Gasteiger partial charge in [-0.3, -0.25) is 4.68 Å². The summed E-state index contributed by atoms with van der Waals surface area (Å²) in [5.41, 5.74) is 1.55. The number of hydrogen-bond donors (Lipinski definition) is 2. The van der Waals surface area contributed by atoms with Crippen LogP contribution in [-0.2, 0) is 11.8 Å². The van der Waals surface area contributed by atoms with E-state index < -0.39 is 0 Å². The minimum atomic E-state index is -0.319. The maximum absolute atomic E-state index is 12.0. The van der Waals surface area contributed by atoms with Gasteiger partial charge in [-0.2, -0.15) is 5.10 Å². The molecule has 2 amide bonds. The Labute approximate surface area is 128 Å². The molecule has 0 fully saturated rings. The second-order valence-corrected chi connectivity index (χ2v) is 5.00. The summed E-state index contributed by atoms with van der Waals surface area (Å²) in [7, 11) is 3.37. The van der Waals surface area contributed by atoms with Crippen molar-refractivity contribution in [3.8, 4) is 0 Å². The van der Waals surface area contributed by atoms with Crippen molar-refractivity contribution in [2.45, 2.75) is 6.04 Å². The van der Waals surface area contributed by atoms with Crippen molar-refractivity contribution in [2.24, 2.45) is 7.05 Å². The molecule has 0 aliphatic carbocycles. The number of nitrogens with zero attached hydrogens (tertiary/aromatic N) is 2. The lowest BCUT2D eigenvalue weighted by Gasteiger charge is -2.18. The van der Waals surface area contributed by atoms with Crippen molar-refractivity contribution in [2.75, 3.05) is 19.0 Å². The van der Waals surface area contributed by atoms with Crippen molar-refractivity contribution < 1.29 is 9.53 Å². The number of urea groups is 1. The number of methoxy groups -OCH3 is 1. The van der Waals surface area contributed by atoms with Gasteiger partial charge in [-0.1, -0.05) is 23.7 Å². The summed E-state index contributed by atoms with van der Waals surface area (Å²) in [6, 6.07) is 6.69. The number of rotatable bonds is 5. The standard InChI is InChI=1S/C14H17ClN4O2/c1-19-8-12(7-16-19)17-14(20)18-13(9-21-2)10-3-5-11(15)6-4-10/h3-8,13H,9H2,1-2H3,(H2,17,18,20)/t13-/m1/s1. The SMILES string of the molecule is COC[C@@H](NC(=O)Nc1cnn(C)c1)c1ccc(Cl)cc1. The van der Waals surface area contributed by atoms with Gasteiger partial charge in [0.2, 0.25) is 0 Å². The lowest BCUT2D eigenvalue weighted by atomic mass is 10.1. The quantitative estimate of drug-likeness (QED) is 0.892. The van der Waals surface area contributed by atoms with Gasteiger partial charge in [-0.25, -0.2) is 4.79 Å². The summed E-state index contributed by atoms with van der Waals surface area (Å²) in [6.45, 7) is 0.363. The Morgan fingerprint density at radius 3 is 2.71 bits per heavy atom. The van der Waals surface area contributed by atoms with Gasteiger partial charge in [0.15, 0.2) is 0 Å². The van der Waals surface area contributed by atoms with E-state index in [2.05, 4.69) is 15.7 Å². The van der Waals surface area contributed by atoms with Crippen LogP contribution in [0.25, 0.3) is 0 Å². The Bertz CT molecular complexity index is 597. The maximum Gasteiger partial charge on any atom is 0.319 e. The summed E-state index contributed by atoms with van der Waals surface area (Å²) in [5, 5.41) is 10.2. The molecule has 0 aliphatic rings. The topological polar surface area (TPSA) is 68.2 Å². The van der Waals surface area contributed by atoms with Crippen LogP contribution in [0.3, 0.4) is 0 Å². The fraction of sp³-hybridized carbons (Fsp3) is 0.286. The summed E-state index contributed by atoms with van der Waals surface area (Å²) in [5.74, 6) is 0. The number of carbonyl (C=O) groups excluding carboxylic acids is 1. The van der Waals surface area contributed by atoms with Gasteiger partial charge < -0.3 is 15.4 Å². The zero-order valence-corrected chi connectivity index (χ0v) is 12.6. The van der Waals surface area contributed by atoms with Crippen LogP contribution in [0.2, 0.25) is 5.02 Å². The predicted molar refractivity (Wildman–Crippen MR) is 81.4 cm³/mol. The summed E-state index contributed by atoms with van der Waals surface area (Å²) >= 11 is 5.87. The molecule has 2 aromatic rings. The molecule has 0 saturated carbocycles. The fourth-order valence-electron chi connectivity index (χ4n) is 1.89. The lowest BCUT2D eigenvalue weighted by molar-refractivity contribution is 0.168. The molecule has 2 rings (SSSR count). The largest absolute Gasteiger partial charge is 0.382 e. The van der Waals surface area contributed by atoms with Crippen molar-refractivity contribution in [1.82, 2.24) is 15.1 Å². The number of aryl methyl sites for hydroxylation is 1. The third-order valence-corrected chi connectivity index (χ3v) is 3.13. The van der Waals surface area contributed by atoms with Crippen LogP contribution in [0.1, 0.15) is 11.6 Å². The lowest BCUT2D eigenvalue weighted by Crippen LogP contribution is -2.34. The van der Waals surface area contributed by atoms with Crippen LogP contribution in [0.5, 0.6) is 0 Å². The highest BCUT2D eigenvalue weighted by atomic mass is 35.5. The highest BCUT2D eigenvalue weighted by Gasteiger charge is 2.15. The Hall–Kier alpha value is -2.05. The third kappa shape index (κ3) is 4.47. The molecule has 0 aliphatic heterocycles. The molecule has 0 bridgehead atoms. The van der Waals surface area contributed by atoms with Crippen molar-refractivity contribution in [3.05, 3.63) is 47.2 Å². The van der Waals surface area contributed by atoms with E-state index in [-0.39, 0.29) is 12.1 Å². The second kappa shape index (κ2) is 7.10. The van der Waals surface area contributed by atoms with E-state index >= 15 is 0 Å². The van der Waals surface area contributed by atoms with E-state index in [0.29, 0.717) is 17.3 Å². The molecule has 0 spiro atoms. The molecule has 6 nitrogen and oxygen atoms in total. The number of halogens is 1. The minimum absolute atomic E-state index is 0.260. The van der Waals surface area contributed by atoms with Crippen molar-refractivity contribution in [3.63, 3.8) is 0 Å². The molecule has 7 heteroatoms. The van der Waals surface area contributed by atoms with E-state index in [1.807, 2.05) is 12.1 Å². The number of aromatic nitrogens is 2. The first-order chi connectivity index (χ1) is 10.1. The molecular weight excluding hydrogens is 292 g/mol. The average molecular weight is 309 g/mol. The van der Waals surface area contributed by atoms with Gasteiger partial charge in [0, 0.05) is 25.4 Å². The molecule has 1 aromatic heterocycles. The Kier molecular flexibility index (Phi) is 5.19. The first-order valence-electron chi connectivity index (χ1n) is 6.39. The van der Waals surface area contributed by atoms with E-state index in [1.165, 1.54) is 0 Å². The first-order valence-corrected chi connectivity index (χ1v) is 6.77. The number of nitrogens with one attached hydrogen (secondary N) is 2. The van der Waals surface area contributed by atoms with Crippen LogP contribution in [0, 0.1) is 0 Å². The normalized spacial score (nSPS) is 12.0. The molecule has 0 radical (unpaired) electrons. The fourth-order valence-corrected chi connectivity index (χ4v) is 2.02. The van der Waals surface area contributed by atoms with Crippen LogP contribution in [0.15, 0.2) is 36.7 Å². The van der Waals surface area contributed by atoms with Crippen LogP contribution in [0.4, 0.5) is 10.5 Å². The molecule has 0 unspecified atom stereocenters. The third-order valence-electron chi connectivity index (χ3n) is 2.87. The van der Waals surface area contributed by atoms with Gasteiger partial charge in [-0.05, 0) is 17.7 Å². The number of ether oxygens (including phenoxy) is 1. The zero-order chi connectivity index (χ0) is 15.2. The van der Waals surface area contributed by atoms with E-state index in [1.54, 1.807) is 43.4 Å². The van der Waals surface area contributed by atoms with Crippen LogP contribution in [-0.4, -0.2) is 29.5 Å². The molecule has 2 N–H and O–H groups in total. The second-order valence-electron chi connectivity index (χ2n) is 4.56. The number of hydrogen-bond acceptors (Lipinski definition) is 3. The molecule has 21 heavy (non-hydrogen) atoms. The molecule has 112 valence electrons. The molecular formula is C14H17ClN4O2.